The molecule has 0 amide bonds. The van der Waals surface area contributed by atoms with Gasteiger partial charge in [-0.2, -0.15) is 15.0 Å². The molecule has 7 nitrogen and oxygen atoms in total. The van der Waals surface area contributed by atoms with Crippen LogP contribution in [0.4, 0.5) is 5.95 Å². The highest BCUT2D eigenvalue weighted by atomic mass is 32.2. The number of rotatable bonds is 5. The molecule has 21 heavy (non-hydrogen) atoms. The van der Waals surface area contributed by atoms with Crippen molar-refractivity contribution in [3.8, 4) is 6.01 Å². The van der Waals surface area contributed by atoms with Gasteiger partial charge in [0.25, 0.3) is 0 Å². The summed E-state index contributed by atoms with van der Waals surface area (Å²) in [6.07, 6.45) is 1.16. The molecule has 0 aliphatic rings. The molecule has 0 saturated carbocycles. The SMILES string of the molecule is CCOc1nc(N)nc(Sc2ccc(S(C)(=O)=O)cc2)n1. The number of nitrogen functional groups attached to an aromatic ring is 1. The molecule has 1 heterocycles. The molecule has 9 heteroatoms. The average Bonchev–Trinajstić information content (AvgIpc) is 2.38. The van der Waals surface area contributed by atoms with Crippen molar-refractivity contribution in [1.29, 1.82) is 0 Å². The van der Waals surface area contributed by atoms with Crippen LogP contribution in [0.25, 0.3) is 0 Å². The van der Waals surface area contributed by atoms with E-state index in [9.17, 15) is 8.42 Å². The van der Waals surface area contributed by atoms with Gasteiger partial charge in [0.05, 0.1) is 11.5 Å². The average molecular weight is 326 g/mol. The summed E-state index contributed by atoms with van der Waals surface area (Å²) < 4.78 is 28.0. The van der Waals surface area contributed by atoms with Crippen LogP contribution in [0.15, 0.2) is 39.2 Å². The second kappa shape index (κ2) is 6.27. The fraction of sp³-hybridized carbons (Fsp3) is 0.250. The molecule has 0 fully saturated rings. The van der Waals surface area contributed by atoms with Crippen LogP contribution in [0.3, 0.4) is 0 Å². The van der Waals surface area contributed by atoms with Crippen LogP contribution in [0.1, 0.15) is 6.92 Å². The lowest BCUT2D eigenvalue weighted by atomic mass is 10.4. The number of hydrogen-bond acceptors (Lipinski definition) is 8. The quantitative estimate of drug-likeness (QED) is 0.878. The Morgan fingerprint density at radius 2 is 1.86 bits per heavy atom. The number of nitrogens with two attached hydrogens (primary N) is 1. The summed E-state index contributed by atoms with van der Waals surface area (Å²) in [4.78, 5) is 13.0. The highest BCUT2D eigenvalue weighted by molar-refractivity contribution is 7.99. The molecule has 2 rings (SSSR count). The largest absolute Gasteiger partial charge is 0.464 e. The zero-order chi connectivity index (χ0) is 15.5. The van der Waals surface area contributed by atoms with E-state index in [0.717, 1.165) is 11.2 Å². The van der Waals surface area contributed by atoms with Crippen LogP contribution in [0.2, 0.25) is 0 Å². The lowest BCUT2D eigenvalue weighted by Crippen LogP contribution is -2.04. The number of hydrogen-bond donors (Lipinski definition) is 1. The van der Waals surface area contributed by atoms with Crippen molar-refractivity contribution >= 4 is 27.5 Å². The topological polar surface area (TPSA) is 108 Å². The van der Waals surface area contributed by atoms with E-state index in [2.05, 4.69) is 15.0 Å². The van der Waals surface area contributed by atoms with Crippen LogP contribution >= 0.6 is 11.8 Å². The van der Waals surface area contributed by atoms with Gasteiger partial charge in [0.2, 0.25) is 11.1 Å². The van der Waals surface area contributed by atoms with Gasteiger partial charge in [0.15, 0.2) is 9.84 Å². The summed E-state index contributed by atoms with van der Waals surface area (Å²) in [6, 6.07) is 6.60. The molecule has 0 aliphatic carbocycles. The lowest BCUT2D eigenvalue weighted by Gasteiger charge is -2.05. The van der Waals surface area contributed by atoms with Crippen molar-refractivity contribution in [2.75, 3.05) is 18.6 Å². The summed E-state index contributed by atoms with van der Waals surface area (Å²) >= 11 is 1.24. The Bertz CT molecular complexity index is 733. The third-order valence-corrected chi connectivity index (χ3v) is 4.35. The number of nitrogens with zero attached hydrogens (tertiary/aromatic N) is 3. The maximum absolute atomic E-state index is 11.4. The summed E-state index contributed by atoms with van der Waals surface area (Å²) in [5.41, 5.74) is 5.59. The molecule has 2 aromatic rings. The molecule has 0 atom stereocenters. The number of sulfone groups is 1. The molecular weight excluding hydrogens is 312 g/mol. The van der Waals surface area contributed by atoms with Gasteiger partial charge in [0.1, 0.15) is 0 Å². The fourth-order valence-electron chi connectivity index (χ4n) is 1.45. The monoisotopic (exact) mass is 326 g/mol. The van der Waals surface area contributed by atoms with Gasteiger partial charge in [-0.25, -0.2) is 8.42 Å². The minimum Gasteiger partial charge on any atom is -0.464 e. The highest BCUT2D eigenvalue weighted by Crippen LogP contribution is 2.26. The molecular formula is C12H14N4O3S2. The molecule has 2 N–H and O–H groups in total. The summed E-state index contributed by atoms with van der Waals surface area (Å²) in [7, 11) is -3.20. The van der Waals surface area contributed by atoms with Gasteiger partial charge in [-0.1, -0.05) is 0 Å². The molecule has 0 saturated heterocycles. The molecule has 112 valence electrons. The van der Waals surface area contributed by atoms with E-state index in [1.807, 2.05) is 6.92 Å². The van der Waals surface area contributed by atoms with Gasteiger partial charge in [-0.05, 0) is 43.0 Å². The first-order valence-electron chi connectivity index (χ1n) is 6.01. The number of ether oxygens (including phenoxy) is 1. The van der Waals surface area contributed by atoms with E-state index in [4.69, 9.17) is 10.5 Å². The Morgan fingerprint density at radius 1 is 1.19 bits per heavy atom. The molecule has 0 bridgehead atoms. The van der Waals surface area contributed by atoms with Crippen LogP contribution in [-0.4, -0.2) is 36.2 Å². The summed E-state index contributed by atoms with van der Waals surface area (Å²) in [5.74, 6) is 0.0729. The Hall–Kier alpha value is -1.87. The normalized spacial score (nSPS) is 11.3. The van der Waals surface area contributed by atoms with E-state index < -0.39 is 9.84 Å². The molecule has 1 aromatic carbocycles. The molecule has 0 aliphatic heterocycles. The number of aromatic nitrogens is 3. The van der Waals surface area contributed by atoms with Crippen LogP contribution in [0, 0.1) is 0 Å². The van der Waals surface area contributed by atoms with Gasteiger partial charge >= 0.3 is 6.01 Å². The lowest BCUT2D eigenvalue weighted by molar-refractivity contribution is 0.308. The third-order valence-electron chi connectivity index (χ3n) is 2.35. The highest BCUT2D eigenvalue weighted by Gasteiger charge is 2.09. The molecule has 0 radical (unpaired) electrons. The fourth-order valence-corrected chi connectivity index (χ4v) is 2.83. The molecule has 1 aromatic heterocycles. The van der Waals surface area contributed by atoms with Crippen molar-refractivity contribution in [2.24, 2.45) is 0 Å². The van der Waals surface area contributed by atoms with E-state index in [1.165, 1.54) is 23.9 Å². The van der Waals surface area contributed by atoms with Crippen molar-refractivity contribution in [3.05, 3.63) is 24.3 Å². The zero-order valence-corrected chi connectivity index (χ0v) is 13.1. The van der Waals surface area contributed by atoms with Crippen LogP contribution in [0.5, 0.6) is 6.01 Å². The van der Waals surface area contributed by atoms with Gasteiger partial charge in [-0.3, -0.25) is 0 Å². The second-order valence-corrected chi connectivity index (χ2v) is 7.09. The van der Waals surface area contributed by atoms with Crippen molar-refractivity contribution < 1.29 is 13.2 Å². The molecule has 0 unspecified atom stereocenters. The zero-order valence-electron chi connectivity index (χ0n) is 11.5. The number of benzene rings is 1. The minimum atomic E-state index is -3.20. The summed E-state index contributed by atoms with van der Waals surface area (Å²) in [5, 5.41) is 0.387. The van der Waals surface area contributed by atoms with Crippen molar-refractivity contribution in [1.82, 2.24) is 15.0 Å². The second-order valence-electron chi connectivity index (χ2n) is 4.04. The Kier molecular flexibility index (Phi) is 4.63. The maximum atomic E-state index is 11.4. The predicted molar refractivity (Wildman–Crippen MR) is 79.1 cm³/mol. The van der Waals surface area contributed by atoms with Gasteiger partial charge < -0.3 is 10.5 Å². The van der Waals surface area contributed by atoms with Crippen molar-refractivity contribution in [2.45, 2.75) is 21.9 Å². The Morgan fingerprint density at radius 3 is 2.43 bits per heavy atom. The van der Waals surface area contributed by atoms with Gasteiger partial charge in [-0.15, -0.1) is 0 Å². The maximum Gasteiger partial charge on any atom is 0.322 e. The van der Waals surface area contributed by atoms with Crippen molar-refractivity contribution in [3.63, 3.8) is 0 Å². The van der Waals surface area contributed by atoms with Crippen LogP contribution in [-0.2, 0) is 9.84 Å². The Balaban J connectivity index is 2.22. The minimum absolute atomic E-state index is 0.0729. The third kappa shape index (κ3) is 4.30. The first-order chi connectivity index (χ1) is 9.88. The van der Waals surface area contributed by atoms with E-state index in [0.29, 0.717) is 11.8 Å². The van der Waals surface area contributed by atoms with Crippen LogP contribution < -0.4 is 10.5 Å². The van der Waals surface area contributed by atoms with E-state index in [-0.39, 0.29) is 16.9 Å². The van der Waals surface area contributed by atoms with Gasteiger partial charge in [0, 0.05) is 11.2 Å². The standard InChI is InChI=1S/C12H14N4O3S2/c1-3-19-11-14-10(13)15-12(16-11)20-8-4-6-9(7-5-8)21(2,17)18/h4-7H,3H2,1-2H3,(H2,13,14,15,16). The predicted octanol–water partition coefficient (Wildman–Crippen LogP) is 1.41. The summed E-state index contributed by atoms with van der Waals surface area (Å²) in [6.45, 7) is 2.24. The molecule has 0 spiro atoms. The number of anilines is 1. The first kappa shape index (κ1) is 15.5. The Labute approximate surface area is 126 Å². The smallest absolute Gasteiger partial charge is 0.322 e. The first-order valence-corrected chi connectivity index (χ1v) is 8.71. The van der Waals surface area contributed by atoms with E-state index in [1.54, 1.807) is 12.1 Å². The van der Waals surface area contributed by atoms with E-state index >= 15 is 0 Å².